The molecule has 2 heterocycles. The summed E-state index contributed by atoms with van der Waals surface area (Å²) >= 11 is 1.37. The summed E-state index contributed by atoms with van der Waals surface area (Å²) in [5, 5.41) is 5.24. The first kappa shape index (κ1) is 18.3. The van der Waals surface area contributed by atoms with Crippen LogP contribution in [0.4, 0.5) is 5.13 Å². The van der Waals surface area contributed by atoms with Gasteiger partial charge in [0.2, 0.25) is 0 Å². The second kappa shape index (κ2) is 7.90. The number of amides is 1. The molecule has 144 valence electrons. The Bertz CT molecular complexity index is 1000. The highest BCUT2D eigenvalue weighted by molar-refractivity contribution is 7.14. The van der Waals surface area contributed by atoms with E-state index in [0.717, 1.165) is 22.6 Å². The molecule has 0 saturated heterocycles. The Labute approximate surface area is 167 Å². The molecule has 1 aliphatic heterocycles. The van der Waals surface area contributed by atoms with Gasteiger partial charge in [0.15, 0.2) is 22.7 Å². The van der Waals surface area contributed by atoms with Crippen LogP contribution in [-0.4, -0.2) is 30.2 Å². The number of benzene rings is 2. The van der Waals surface area contributed by atoms with Gasteiger partial charge in [-0.1, -0.05) is 12.1 Å². The SMILES string of the molecule is Cc1cccc(OC(C)C(=O)Nc2nc(-c3ccc4c(c3)OCCO4)cs2)c1. The van der Waals surface area contributed by atoms with Gasteiger partial charge < -0.3 is 14.2 Å². The molecule has 1 atom stereocenters. The predicted molar refractivity (Wildman–Crippen MR) is 108 cm³/mol. The van der Waals surface area contributed by atoms with Crippen LogP contribution in [0, 0.1) is 6.92 Å². The number of anilines is 1. The average Bonchev–Trinajstić information content (AvgIpc) is 3.16. The van der Waals surface area contributed by atoms with E-state index in [2.05, 4.69) is 10.3 Å². The minimum Gasteiger partial charge on any atom is -0.486 e. The Hall–Kier alpha value is -3.06. The van der Waals surface area contributed by atoms with Crippen LogP contribution in [0.5, 0.6) is 17.2 Å². The largest absolute Gasteiger partial charge is 0.486 e. The normalized spacial score (nSPS) is 13.6. The molecule has 0 fully saturated rings. The molecule has 1 aliphatic rings. The van der Waals surface area contributed by atoms with Gasteiger partial charge >= 0.3 is 0 Å². The molecule has 0 saturated carbocycles. The zero-order valence-electron chi connectivity index (χ0n) is 15.6. The number of hydrogen-bond acceptors (Lipinski definition) is 6. The molecule has 0 aliphatic carbocycles. The van der Waals surface area contributed by atoms with Crippen LogP contribution in [0.15, 0.2) is 47.8 Å². The molecule has 28 heavy (non-hydrogen) atoms. The molecule has 0 spiro atoms. The highest BCUT2D eigenvalue weighted by Crippen LogP contribution is 2.35. The Kier molecular flexibility index (Phi) is 5.16. The van der Waals surface area contributed by atoms with Crippen LogP contribution in [0.25, 0.3) is 11.3 Å². The van der Waals surface area contributed by atoms with Crippen molar-refractivity contribution in [2.24, 2.45) is 0 Å². The van der Waals surface area contributed by atoms with Crippen molar-refractivity contribution in [3.63, 3.8) is 0 Å². The van der Waals surface area contributed by atoms with E-state index in [4.69, 9.17) is 14.2 Å². The van der Waals surface area contributed by atoms with Gasteiger partial charge in [-0.3, -0.25) is 10.1 Å². The Morgan fingerprint density at radius 3 is 2.82 bits per heavy atom. The third-order valence-corrected chi connectivity index (χ3v) is 5.00. The van der Waals surface area contributed by atoms with Crippen LogP contribution in [0.1, 0.15) is 12.5 Å². The van der Waals surface area contributed by atoms with Gasteiger partial charge in [0.25, 0.3) is 5.91 Å². The van der Waals surface area contributed by atoms with Crippen molar-refractivity contribution in [2.75, 3.05) is 18.5 Å². The summed E-state index contributed by atoms with van der Waals surface area (Å²) in [4.78, 5) is 16.9. The molecular weight excluding hydrogens is 376 g/mol. The van der Waals surface area contributed by atoms with Crippen LogP contribution < -0.4 is 19.5 Å². The van der Waals surface area contributed by atoms with Crippen LogP contribution >= 0.6 is 11.3 Å². The molecular formula is C21H20N2O4S. The molecule has 6 nitrogen and oxygen atoms in total. The number of ether oxygens (including phenoxy) is 3. The zero-order valence-corrected chi connectivity index (χ0v) is 16.4. The summed E-state index contributed by atoms with van der Waals surface area (Å²) in [6, 6.07) is 13.3. The smallest absolute Gasteiger partial charge is 0.266 e. The molecule has 1 N–H and O–H groups in total. The van der Waals surface area contributed by atoms with Crippen molar-refractivity contribution in [1.29, 1.82) is 0 Å². The fraction of sp³-hybridized carbons (Fsp3) is 0.238. The summed E-state index contributed by atoms with van der Waals surface area (Å²) < 4.78 is 16.9. The predicted octanol–water partition coefficient (Wildman–Crippen LogP) is 4.30. The quantitative estimate of drug-likeness (QED) is 0.696. The number of nitrogens with one attached hydrogen (secondary N) is 1. The summed E-state index contributed by atoms with van der Waals surface area (Å²) in [5.41, 5.74) is 2.75. The maximum atomic E-state index is 12.4. The molecule has 3 aromatic rings. The van der Waals surface area contributed by atoms with Gasteiger partial charge in [-0.05, 0) is 49.7 Å². The topological polar surface area (TPSA) is 69.7 Å². The second-order valence-electron chi connectivity index (χ2n) is 6.46. The number of rotatable bonds is 5. The number of nitrogens with zero attached hydrogens (tertiary/aromatic N) is 1. The summed E-state index contributed by atoms with van der Waals surface area (Å²) in [6.45, 7) is 4.79. The third kappa shape index (κ3) is 4.09. The monoisotopic (exact) mass is 396 g/mol. The van der Waals surface area contributed by atoms with Crippen LogP contribution in [0.2, 0.25) is 0 Å². The molecule has 0 radical (unpaired) electrons. The van der Waals surface area contributed by atoms with E-state index in [1.807, 2.05) is 54.8 Å². The Morgan fingerprint density at radius 1 is 1.18 bits per heavy atom. The van der Waals surface area contributed by atoms with Crippen LogP contribution in [-0.2, 0) is 4.79 Å². The van der Waals surface area contributed by atoms with Crippen molar-refractivity contribution in [1.82, 2.24) is 4.98 Å². The molecule has 4 rings (SSSR count). The van der Waals surface area contributed by atoms with E-state index in [-0.39, 0.29) is 5.91 Å². The number of hydrogen-bond donors (Lipinski definition) is 1. The van der Waals surface area contributed by atoms with E-state index in [1.54, 1.807) is 6.92 Å². The van der Waals surface area contributed by atoms with Gasteiger partial charge in [0.05, 0.1) is 5.69 Å². The lowest BCUT2D eigenvalue weighted by Gasteiger charge is -2.18. The van der Waals surface area contributed by atoms with Crippen molar-refractivity contribution >= 4 is 22.4 Å². The van der Waals surface area contributed by atoms with Gasteiger partial charge in [0, 0.05) is 10.9 Å². The molecule has 0 bridgehead atoms. The van der Waals surface area contributed by atoms with Crippen molar-refractivity contribution in [3.05, 3.63) is 53.4 Å². The van der Waals surface area contributed by atoms with E-state index >= 15 is 0 Å². The fourth-order valence-electron chi connectivity index (χ4n) is 2.82. The van der Waals surface area contributed by atoms with Gasteiger partial charge in [-0.15, -0.1) is 11.3 Å². The number of thiazole rings is 1. The highest BCUT2D eigenvalue weighted by atomic mass is 32.1. The number of carbonyl (C=O) groups is 1. The van der Waals surface area contributed by atoms with Crippen molar-refractivity contribution in [3.8, 4) is 28.5 Å². The highest BCUT2D eigenvalue weighted by Gasteiger charge is 2.18. The lowest BCUT2D eigenvalue weighted by atomic mass is 10.1. The summed E-state index contributed by atoms with van der Waals surface area (Å²) in [5.74, 6) is 1.87. The maximum absolute atomic E-state index is 12.4. The van der Waals surface area contributed by atoms with E-state index in [1.165, 1.54) is 11.3 Å². The number of aromatic nitrogens is 1. The first-order valence-corrected chi connectivity index (χ1v) is 9.86. The fourth-order valence-corrected chi connectivity index (χ4v) is 3.54. The zero-order chi connectivity index (χ0) is 19.5. The van der Waals surface area contributed by atoms with Crippen molar-refractivity contribution in [2.45, 2.75) is 20.0 Å². The van der Waals surface area contributed by atoms with E-state index in [9.17, 15) is 4.79 Å². The average molecular weight is 396 g/mol. The standard InChI is InChI=1S/C21H20N2O4S/c1-13-4-3-5-16(10-13)27-14(2)20(24)23-21-22-17(12-28-21)15-6-7-18-19(11-15)26-9-8-25-18/h3-7,10-12,14H,8-9H2,1-2H3,(H,22,23,24). The van der Waals surface area contributed by atoms with E-state index < -0.39 is 6.10 Å². The Balaban J connectivity index is 1.42. The first-order valence-electron chi connectivity index (χ1n) is 8.98. The van der Waals surface area contributed by atoms with Crippen molar-refractivity contribution < 1.29 is 19.0 Å². The lowest BCUT2D eigenvalue weighted by Crippen LogP contribution is -2.30. The van der Waals surface area contributed by atoms with E-state index in [0.29, 0.717) is 29.8 Å². The van der Waals surface area contributed by atoms with Gasteiger partial charge in [-0.2, -0.15) is 0 Å². The summed E-state index contributed by atoms with van der Waals surface area (Å²) in [6.07, 6.45) is -0.636. The maximum Gasteiger partial charge on any atom is 0.266 e. The van der Waals surface area contributed by atoms with Gasteiger partial charge in [0.1, 0.15) is 19.0 Å². The summed E-state index contributed by atoms with van der Waals surface area (Å²) in [7, 11) is 0. The second-order valence-corrected chi connectivity index (χ2v) is 7.32. The minimum atomic E-state index is -0.636. The molecule has 2 aromatic carbocycles. The Morgan fingerprint density at radius 2 is 2.00 bits per heavy atom. The molecule has 1 amide bonds. The third-order valence-electron chi connectivity index (χ3n) is 4.24. The number of fused-ring (bicyclic) bond motifs is 1. The number of carbonyl (C=O) groups excluding carboxylic acids is 1. The number of aryl methyl sites for hydroxylation is 1. The van der Waals surface area contributed by atoms with Gasteiger partial charge in [-0.25, -0.2) is 4.98 Å². The minimum absolute atomic E-state index is 0.246. The molecule has 1 unspecified atom stereocenters. The lowest BCUT2D eigenvalue weighted by molar-refractivity contribution is -0.122. The first-order chi connectivity index (χ1) is 13.6. The molecule has 1 aromatic heterocycles. The molecule has 7 heteroatoms. The van der Waals surface area contributed by atoms with Crippen LogP contribution in [0.3, 0.4) is 0 Å².